The molecule has 1 aromatic carbocycles. The van der Waals surface area contributed by atoms with E-state index in [0.29, 0.717) is 5.56 Å². The third-order valence-corrected chi connectivity index (χ3v) is 3.86. The average molecular weight is 309 g/mol. The predicted octanol–water partition coefficient (Wildman–Crippen LogP) is 2.19. The van der Waals surface area contributed by atoms with Gasteiger partial charge in [0.25, 0.3) is 5.69 Å². The van der Waals surface area contributed by atoms with Crippen LogP contribution >= 0.6 is 0 Å². The molecule has 0 bridgehead atoms. The van der Waals surface area contributed by atoms with Gasteiger partial charge in [-0.3, -0.25) is 10.1 Å². The van der Waals surface area contributed by atoms with Gasteiger partial charge in [-0.1, -0.05) is 32.4 Å². The van der Waals surface area contributed by atoms with Crippen LogP contribution in [0.2, 0.25) is 0 Å². The molecule has 2 unspecified atom stereocenters. The highest BCUT2D eigenvalue weighted by Crippen LogP contribution is 2.18. The summed E-state index contributed by atoms with van der Waals surface area (Å²) in [5.74, 6) is 0.0598. The summed E-state index contributed by atoms with van der Waals surface area (Å²) in [6.07, 6.45) is 0.810. The highest BCUT2D eigenvalue weighted by molar-refractivity contribution is 5.73. The summed E-state index contributed by atoms with van der Waals surface area (Å²) in [7, 11) is 0. The van der Waals surface area contributed by atoms with E-state index in [1.54, 1.807) is 19.1 Å². The number of nitro benzene ring substituents is 1. The summed E-state index contributed by atoms with van der Waals surface area (Å²) in [6, 6.07) is 5.65. The summed E-state index contributed by atoms with van der Waals surface area (Å²) < 4.78 is 0. The quantitative estimate of drug-likeness (QED) is 0.530. The molecule has 7 heteroatoms. The van der Waals surface area contributed by atoms with Gasteiger partial charge < -0.3 is 15.7 Å². The van der Waals surface area contributed by atoms with Crippen molar-refractivity contribution in [3.63, 3.8) is 0 Å². The number of carbonyl (C=O) groups excluding carboxylic acids is 1. The van der Waals surface area contributed by atoms with Crippen molar-refractivity contribution in [1.82, 2.24) is 10.6 Å². The monoisotopic (exact) mass is 309 g/mol. The van der Waals surface area contributed by atoms with E-state index in [1.165, 1.54) is 12.1 Å². The number of hydrogen-bond acceptors (Lipinski definition) is 4. The maximum absolute atomic E-state index is 11.7. The lowest BCUT2D eigenvalue weighted by Gasteiger charge is -2.29. The summed E-state index contributed by atoms with van der Waals surface area (Å²) >= 11 is 0. The molecule has 0 heterocycles. The van der Waals surface area contributed by atoms with E-state index in [1.807, 2.05) is 13.8 Å². The van der Waals surface area contributed by atoms with Gasteiger partial charge in [0.05, 0.1) is 10.5 Å². The standard InChI is InChI=1S/C15H23N3O4/c1-4-11(2)15(3,20)10-17-14(19)16-9-12-6-5-7-13(8-12)18(21)22/h5-8,11,20H,4,9-10H2,1-3H3,(H2,16,17,19). The summed E-state index contributed by atoms with van der Waals surface area (Å²) in [4.78, 5) is 21.9. The summed E-state index contributed by atoms with van der Waals surface area (Å²) in [6.45, 7) is 5.90. The highest BCUT2D eigenvalue weighted by Gasteiger charge is 2.27. The fourth-order valence-electron chi connectivity index (χ4n) is 1.90. The fourth-order valence-corrected chi connectivity index (χ4v) is 1.90. The molecule has 7 nitrogen and oxygen atoms in total. The first kappa shape index (κ1) is 17.9. The molecule has 0 radical (unpaired) electrons. The van der Waals surface area contributed by atoms with Crippen LogP contribution in [-0.4, -0.2) is 28.2 Å². The van der Waals surface area contributed by atoms with E-state index in [9.17, 15) is 20.0 Å². The van der Waals surface area contributed by atoms with Gasteiger partial charge in [-0.2, -0.15) is 0 Å². The van der Waals surface area contributed by atoms with Gasteiger partial charge in [0, 0.05) is 25.2 Å². The minimum absolute atomic E-state index is 0.0144. The van der Waals surface area contributed by atoms with Crippen LogP contribution in [0.5, 0.6) is 0 Å². The van der Waals surface area contributed by atoms with Crippen molar-refractivity contribution in [1.29, 1.82) is 0 Å². The lowest BCUT2D eigenvalue weighted by Crippen LogP contribution is -2.47. The highest BCUT2D eigenvalue weighted by atomic mass is 16.6. The van der Waals surface area contributed by atoms with Crippen LogP contribution in [0.4, 0.5) is 10.5 Å². The number of nitro groups is 1. The Morgan fingerprint density at radius 3 is 2.73 bits per heavy atom. The number of hydrogen-bond donors (Lipinski definition) is 3. The Morgan fingerprint density at radius 1 is 1.45 bits per heavy atom. The Kier molecular flexibility index (Phi) is 6.30. The lowest BCUT2D eigenvalue weighted by molar-refractivity contribution is -0.384. The molecule has 0 fully saturated rings. The van der Waals surface area contributed by atoms with Gasteiger partial charge in [-0.05, 0) is 18.4 Å². The number of aliphatic hydroxyl groups is 1. The van der Waals surface area contributed by atoms with E-state index in [4.69, 9.17) is 0 Å². The van der Waals surface area contributed by atoms with Gasteiger partial charge >= 0.3 is 6.03 Å². The van der Waals surface area contributed by atoms with Gasteiger partial charge in [-0.15, -0.1) is 0 Å². The van der Waals surface area contributed by atoms with Crippen molar-refractivity contribution in [3.8, 4) is 0 Å². The first-order chi connectivity index (χ1) is 10.3. The Labute approximate surface area is 129 Å². The zero-order chi connectivity index (χ0) is 16.8. The SMILES string of the molecule is CCC(C)C(C)(O)CNC(=O)NCc1cccc([N+](=O)[O-])c1. The van der Waals surface area contributed by atoms with E-state index in [2.05, 4.69) is 10.6 Å². The van der Waals surface area contributed by atoms with Gasteiger partial charge in [0.15, 0.2) is 0 Å². The molecule has 0 aliphatic heterocycles. The molecule has 0 aromatic heterocycles. The minimum Gasteiger partial charge on any atom is -0.388 e. The number of nitrogens with zero attached hydrogens (tertiary/aromatic N) is 1. The maximum Gasteiger partial charge on any atom is 0.315 e. The molecule has 0 saturated carbocycles. The Bertz CT molecular complexity index is 531. The predicted molar refractivity (Wildman–Crippen MR) is 83.4 cm³/mol. The van der Waals surface area contributed by atoms with Crippen LogP contribution in [0.3, 0.4) is 0 Å². The van der Waals surface area contributed by atoms with Crippen LogP contribution in [0.15, 0.2) is 24.3 Å². The number of non-ortho nitro benzene ring substituents is 1. The number of amides is 2. The molecule has 3 N–H and O–H groups in total. The maximum atomic E-state index is 11.7. The number of benzene rings is 1. The van der Waals surface area contributed by atoms with Crippen molar-refractivity contribution >= 4 is 11.7 Å². The Balaban J connectivity index is 2.47. The van der Waals surface area contributed by atoms with Crippen molar-refractivity contribution in [2.75, 3.05) is 6.54 Å². The molecule has 0 saturated heterocycles. The van der Waals surface area contributed by atoms with Crippen molar-refractivity contribution in [3.05, 3.63) is 39.9 Å². The van der Waals surface area contributed by atoms with E-state index < -0.39 is 16.6 Å². The van der Waals surface area contributed by atoms with E-state index in [0.717, 1.165) is 6.42 Å². The van der Waals surface area contributed by atoms with Gasteiger partial charge in [-0.25, -0.2) is 4.79 Å². The lowest BCUT2D eigenvalue weighted by atomic mass is 9.89. The second-order valence-electron chi connectivity index (χ2n) is 5.63. The average Bonchev–Trinajstić information content (AvgIpc) is 2.50. The second-order valence-corrected chi connectivity index (χ2v) is 5.63. The molecular weight excluding hydrogens is 286 g/mol. The minimum atomic E-state index is -0.975. The molecule has 0 aliphatic rings. The topological polar surface area (TPSA) is 104 Å². The third kappa shape index (κ3) is 5.33. The number of rotatable bonds is 7. The fraction of sp³-hybridized carbons (Fsp3) is 0.533. The van der Waals surface area contributed by atoms with Gasteiger partial charge in [0.2, 0.25) is 0 Å². The van der Waals surface area contributed by atoms with E-state index >= 15 is 0 Å². The largest absolute Gasteiger partial charge is 0.388 e. The molecular formula is C15H23N3O4. The number of urea groups is 1. The zero-order valence-electron chi connectivity index (χ0n) is 13.1. The molecule has 0 spiro atoms. The van der Waals surface area contributed by atoms with Crippen molar-refractivity contribution in [2.24, 2.45) is 5.92 Å². The van der Waals surface area contributed by atoms with Crippen LogP contribution in [0.25, 0.3) is 0 Å². The summed E-state index contributed by atoms with van der Waals surface area (Å²) in [5.41, 5.74) is -0.352. The molecule has 1 rings (SSSR count). The summed E-state index contributed by atoms with van der Waals surface area (Å²) in [5, 5.41) is 26.1. The Hall–Kier alpha value is -2.15. The molecule has 22 heavy (non-hydrogen) atoms. The normalized spacial score (nSPS) is 14.7. The second kappa shape index (κ2) is 7.74. The van der Waals surface area contributed by atoms with Crippen molar-refractivity contribution in [2.45, 2.75) is 39.3 Å². The third-order valence-electron chi connectivity index (χ3n) is 3.86. The van der Waals surface area contributed by atoms with E-state index in [-0.39, 0.29) is 24.7 Å². The number of carbonyl (C=O) groups is 1. The van der Waals surface area contributed by atoms with Crippen LogP contribution in [0, 0.1) is 16.0 Å². The Morgan fingerprint density at radius 2 is 2.14 bits per heavy atom. The molecule has 0 aliphatic carbocycles. The van der Waals surface area contributed by atoms with Gasteiger partial charge in [0.1, 0.15) is 0 Å². The van der Waals surface area contributed by atoms with Crippen LogP contribution in [0.1, 0.15) is 32.8 Å². The van der Waals surface area contributed by atoms with Crippen LogP contribution in [-0.2, 0) is 6.54 Å². The molecule has 122 valence electrons. The molecule has 1 aromatic rings. The van der Waals surface area contributed by atoms with Crippen molar-refractivity contribution < 1.29 is 14.8 Å². The molecule has 2 atom stereocenters. The first-order valence-corrected chi connectivity index (χ1v) is 7.23. The first-order valence-electron chi connectivity index (χ1n) is 7.23. The molecule has 2 amide bonds. The van der Waals surface area contributed by atoms with Crippen LogP contribution < -0.4 is 10.6 Å². The zero-order valence-corrected chi connectivity index (χ0v) is 13.1. The number of nitrogens with one attached hydrogen (secondary N) is 2. The smallest absolute Gasteiger partial charge is 0.315 e.